The van der Waals surface area contributed by atoms with Crippen LogP contribution in [0.25, 0.3) is 17.0 Å². The first-order valence-electron chi connectivity index (χ1n) is 10.4. The van der Waals surface area contributed by atoms with E-state index < -0.39 is 4.92 Å². The van der Waals surface area contributed by atoms with Crippen molar-refractivity contribution in [2.45, 2.75) is 6.54 Å². The standard InChI is InChI=1S/C25H16Cl2N4O3S/c26-20-10-5-15(11-21(20)27)13-30-14-16(19-3-1-2-4-22(19)30)12-23-24(32)29-25(35-23)28-17-6-8-18(9-7-17)31(33)34/h1-12,14H,13H2,(H,28,29,32)/b23-12-. The number of hydrogen-bond acceptors (Lipinski definition) is 5. The summed E-state index contributed by atoms with van der Waals surface area (Å²) in [6, 6.07) is 19.3. The number of nitro benzene ring substituents is 1. The monoisotopic (exact) mass is 522 g/mol. The number of hydrogen-bond donors (Lipinski definition) is 1. The number of benzene rings is 3. The second-order valence-electron chi connectivity index (χ2n) is 7.73. The number of thioether (sulfide) groups is 1. The molecule has 10 heteroatoms. The van der Waals surface area contributed by atoms with Gasteiger partial charge in [-0.15, -0.1) is 0 Å². The molecule has 1 saturated heterocycles. The molecular formula is C25H16Cl2N4O3S. The number of carbonyl (C=O) groups is 1. The Morgan fingerprint density at radius 3 is 2.57 bits per heavy atom. The van der Waals surface area contributed by atoms with Gasteiger partial charge in [0.05, 0.1) is 25.6 Å². The molecular weight excluding hydrogens is 507 g/mol. The number of fused-ring (bicyclic) bond motifs is 1. The van der Waals surface area contributed by atoms with Crippen molar-refractivity contribution in [2.24, 2.45) is 4.99 Å². The van der Waals surface area contributed by atoms with Crippen molar-refractivity contribution in [3.05, 3.63) is 109 Å². The van der Waals surface area contributed by atoms with Crippen LogP contribution in [-0.2, 0) is 11.3 Å². The minimum atomic E-state index is -0.470. The number of nitrogens with one attached hydrogen (secondary N) is 1. The molecule has 1 aliphatic heterocycles. The molecule has 1 fully saturated rings. The van der Waals surface area contributed by atoms with Crippen LogP contribution in [-0.4, -0.2) is 20.6 Å². The van der Waals surface area contributed by atoms with E-state index in [1.54, 1.807) is 6.07 Å². The summed E-state index contributed by atoms with van der Waals surface area (Å²) in [4.78, 5) is 27.9. The quantitative estimate of drug-likeness (QED) is 0.177. The molecule has 1 amide bonds. The van der Waals surface area contributed by atoms with Gasteiger partial charge in [0.15, 0.2) is 5.17 Å². The van der Waals surface area contributed by atoms with Crippen LogP contribution in [0.2, 0.25) is 10.0 Å². The van der Waals surface area contributed by atoms with Crippen molar-refractivity contribution in [1.82, 2.24) is 9.88 Å². The number of para-hydroxylation sites is 1. The maximum absolute atomic E-state index is 12.6. The first-order chi connectivity index (χ1) is 16.9. The van der Waals surface area contributed by atoms with Crippen LogP contribution < -0.4 is 5.32 Å². The fraction of sp³-hybridized carbons (Fsp3) is 0.0400. The van der Waals surface area contributed by atoms with Gasteiger partial charge in [0.1, 0.15) is 0 Å². The molecule has 0 bridgehead atoms. The average Bonchev–Trinajstić information content (AvgIpc) is 3.36. The lowest BCUT2D eigenvalue weighted by Gasteiger charge is -2.06. The SMILES string of the molecule is O=C1NC(=Nc2ccc([N+](=O)[O-])cc2)S/C1=C\c1cn(Cc2ccc(Cl)c(Cl)c2)c2ccccc12. The first kappa shape index (κ1) is 23.2. The molecule has 1 aliphatic rings. The van der Waals surface area contributed by atoms with Gasteiger partial charge in [-0.2, -0.15) is 0 Å². The zero-order chi connectivity index (χ0) is 24.5. The summed E-state index contributed by atoms with van der Waals surface area (Å²) < 4.78 is 2.10. The fourth-order valence-corrected chi connectivity index (χ4v) is 4.90. The Kier molecular flexibility index (Phi) is 6.34. The summed E-state index contributed by atoms with van der Waals surface area (Å²) in [5.74, 6) is -0.253. The van der Waals surface area contributed by atoms with E-state index >= 15 is 0 Å². The first-order valence-corrected chi connectivity index (χ1v) is 12.0. The van der Waals surface area contributed by atoms with Gasteiger partial charge in [-0.1, -0.05) is 47.5 Å². The molecule has 2 heterocycles. The third kappa shape index (κ3) is 4.95. The topological polar surface area (TPSA) is 89.5 Å². The van der Waals surface area contributed by atoms with Gasteiger partial charge in [-0.05, 0) is 53.7 Å². The molecule has 1 aromatic heterocycles. The normalized spacial score (nSPS) is 15.8. The van der Waals surface area contributed by atoms with Gasteiger partial charge in [-0.3, -0.25) is 14.9 Å². The van der Waals surface area contributed by atoms with E-state index in [9.17, 15) is 14.9 Å². The third-order valence-corrected chi connectivity index (χ3v) is 7.03. The highest BCUT2D eigenvalue weighted by Gasteiger charge is 2.24. The highest BCUT2D eigenvalue weighted by molar-refractivity contribution is 8.18. The number of amides is 1. The lowest BCUT2D eigenvalue weighted by atomic mass is 10.1. The van der Waals surface area contributed by atoms with Crippen LogP contribution in [0.4, 0.5) is 11.4 Å². The predicted octanol–water partition coefficient (Wildman–Crippen LogP) is 6.80. The Hall–Kier alpha value is -3.59. The summed E-state index contributed by atoms with van der Waals surface area (Å²) in [5.41, 5.74) is 3.42. The van der Waals surface area contributed by atoms with Crippen molar-refractivity contribution in [3.8, 4) is 0 Å². The van der Waals surface area contributed by atoms with E-state index in [0.29, 0.717) is 32.4 Å². The third-order valence-electron chi connectivity index (χ3n) is 5.38. The van der Waals surface area contributed by atoms with Crippen molar-refractivity contribution in [2.75, 3.05) is 0 Å². The van der Waals surface area contributed by atoms with Crippen molar-refractivity contribution in [3.63, 3.8) is 0 Å². The van der Waals surface area contributed by atoms with Gasteiger partial charge in [0, 0.05) is 41.3 Å². The van der Waals surface area contributed by atoms with Crippen molar-refractivity contribution >= 4 is 74.4 Å². The zero-order valence-electron chi connectivity index (χ0n) is 17.9. The number of aliphatic imine (C=N–C) groups is 1. The molecule has 0 radical (unpaired) electrons. The Morgan fingerprint density at radius 1 is 1.06 bits per heavy atom. The summed E-state index contributed by atoms with van der Waals surface area (Å²) in [5, 5.41) is 16.0. The number of non-ortho nitro benzene ring substituents is 1. The number of carbonyl (C=O) groups excluding carboxylic acids is 1. The molecule has 0 atom stereocenters. The van der Waals surface area contributed by atoms with Crippen LogP contribution in [0, 0.1) is 10.1 Å². The molecule has 7 nitrogen and oxygen atoms in total. The lowest BCUT2D eigenvalue weighted by molar-refractivity contribution is -0.384. The molecule has 3 aromatic carbocycles. The summed E-state index contributed by atoms with van der Waals surface area (Å²) in [6.45, 7) is 0.590. The van der Waals surface area contributed by atoms with E-state index in [1.807, 2.05) is 48.7 Å². The van der Waals surface area contributed by atoms with Crippen LogP contribution >= 0.6 is 35.0 Å². The molecule has 0 aliphatic carbocycles. The molecule has 0 saturated carbocycles. The van der Waals surface area contributed by atoms with E-state index in [-0.39, 0.29) is 11.6 Å². The van der Waals surface area contributed by atoms with E-state index in [4.69, 9.17) is 23.2 Å². The van der Waals surface area contributed by atoms with Crippen LogP contribution in [0.3, 0.4) is 0 Å². The maximum atomic E-state index is 12.6. The molecule has 5 rings (SSSR count). The second kappa shape index (κ2) is 9.58. The van der Waals surface area contributed by atoms with E-state index in [2.05, 4.69) is 14.9 Å². The molecule has 174 valence electrons. The second-order valence-corrected chi connectivity index (χ2v) is 9.58. The number of nitro groups is 1. The Balaban J connectivity index is 1.44. The maximum Gasteiger partial charge on any atom is 0.269 e. The van der Waals surface area contributed by atoms with Crippen LogP contribution in [0.5, 0.6) is 0 Å². The van der Waals surface area contributed by atoms with Gasteiger partial charge >= 0.3 is 0 Å². The summed E-state index contributed by atoms with van der Waals surface area (Å²) in [6.07, 6.45) is 3.84. The highest BCUT2D eigenvalue weighted by Crippen LogP contribution is 2.32. The molecule has 35 heavy (non-hydrogen) atoms. The van der Waals surface area contributed by atoms with Crippen LogP contribution in [0.1, 0.15) is 11.1 Å². The van der Waals surface area contributed by atoms with Gasteiger partial charge < -0.3 is 9.88 Å². The van der Waals surface area contributed by atoms with Crippen LogP contribution in [0.15, 0.2) is 82.8 Å². The average molecular weight is 523 g/mol. The number of halogens is 2. The molecule has 0 spiro atoms. The Morgan fingerprint density at radius 2 is 1.83 bits per heavy atom. The smallest absolute Gasteiger partial charge is 0.269 e. The Bertz CT molecular complexity index is 1540. The van der Waals surface area contributed by atoms with Crippen molar-refractivity contribution in [1.29, 1.82) is 0 Å². The molecule has 0 unspecified atom stereocenters. The van der Waals surface area contributed by atoms with E-state index in [0.717, 1.165) is 22.0 Å². The lowest BCUT2D eigenvalue weighted by Crippen LogP contribution is -2.19. The largest absolute Gasteiger partial charge is 0.342 e. The Labute approximate surface area is 214 Å². The number of amidine groups is 1. The number of aromatic nitrogens is 1. The minimum absolute atomic E-state index is 0.0186. The van der Waals surface area contributed by atoms with Crippen molar-refractivity contribution < 1.29 is 9.72 Å². The predicted molar refractivity (Wildman–Crippen MR) is 141 cm³/mol. The molecule has 1 N–H and O–H groups in total. The van der Waals surface area contributed by atoms with Gasteiger partial charge in [0.25, 0.3) is 11.6 Å². The van der Waals surface area contributed by atoms with Gasteiger partial charge in [0.2, 0.25) is 0 Å². The fourth-order valence-electron chi connectivity index (χ4n) is 3.74. The summed E-state index contributed by atoms with van der Waals surface area (Å²) in [7, 11) is 0. The summed E-state index contributed by atoms with van der Waals surface area (Å²) >= 11 is 13.5. The zero-order valence-corrected chi connectivity index (χ0v) is 20.3. The highest BCUT2D eigenvalue weighted by atomic mass is 35.5. The number of nitrogens with zero attached hydrogens (tertiary/aromatic N) is 3. The minimum Gasteiger partial charge on any atom is -0.342 e. The van der Waals surface area contributed by atoms with Gasteiger partial charge in [-0.25, -0.2) is 4.99 Å². The van der Waals surface area contributed by atoms with E-state index in [1.165, 1.54) is 36.0 Å². The molecule has 4 aromatic rings. The number of rotatable bonds is 5.